The SMILES string of the molecule is CNCC(O)COc1cccc(-c2cc(N(C)C3CCOCC3)nc(-c3ccc4[nH]ccc4c3)n2)c1. The van der Waals surface area contributed by atoms with Crippen molar-refractivity contribution in [3.8, 4) is 28.4 Å². The summed E-state index contributed by atoms with van der Waals surface area (Å²) in [6.07, 6.45) is 3.31. The second-order valence-corrected chi connectivity index (χ2v) is 9.22. The Labute approximate surface area is 211 Å². The maximum absolute atomic E-state index is 10.0. The minimum Gasteiger partial charge on any atom is -0.491 e. The summed E-state index contributed by atoms with van der Waals surface area (Å²) in [5.41, 5.74) is 3.81. The Morgan fingerprint density at radius 3 is 2.81 bits per heavy atom. The van der Waals surface area contributed by atoms with E-state index in [9.17, 15) is 5.11 Å². The molecule has 0 aliphatic carbocycles. The number of likely N-dealkylation sites (N-methyl/N-ethyl adjacent to an activating group) is 1. The van der Waals surface area contributed by atoms with Crippen LogP contribution in [-0.2, 0) is 4.74 Å². The number of nitrogens with zero attached hydrogens (tertiary/aromatic N) is 3. The number of hydrogen-bond donors (Lipinski definition) is 3. The molecule has 0 spiro atoms. The van der Waals surface area contributed by atoms with Gasteiger partial charge in [0.15, 0.2) is 5.82 Å². The number of rotatable bonds is 9. The van der Waals surface area contributed by atoms with Gasteiger partial charge < -0.3 is 29.8 Å². The molecular weight excluding hydrogens is 454 g/mol. The summed E-state index contributed by atoms with van der Waals surface area (Å²) < 4.78 is 11.4. The molecule has 0 saturated carbocycles. The topological polar surface area (TPSA) is 95.5 Å². The largest absolute Gasteiger partial charge is 0.491 e. The average Bonchev–Trinajstić information content (AvgIpc) is 3.40. The van der Waals surface area contributed by atoms with Crippen LogP contribution in [0.5, 0.6) is 5.75 Å². The first-order chi connectivity index (χ1) is 17.6. The number of nitrogens with one attached hydrogen (secondary N) is 2. The van der Waals surface area contributed by atoms with Gasteiger partial charge in [0.1, 0.15) is 24.3 Å². The Bertz CT molecular complexity index is 1300. The van der Waals surface area contributed by atoms with E-state index in [1.807, 2.05) is 36.5 Å². The van der Waals surface area contributed by atoms with E-state index in [2.05, 4.69) is 46.5 Å². The number of ether oxygens (including phenoxy) is 2. The summed E-state index contributed by atoms with van der Waals surface area (Å²) in [5.74, 6) is 2.25. The summed E-state index contributed by atoms with van der Waals surface area (Å²) in [6, 6.07) is 18.5. The highest BCUT2D eigenvalue weighted by molar-refractivity contribution is 5.84. The van der Waals surface area contributed by atoms with Crippen molar-refractivity contribution in [3.05, 3.63) is 60.8 Å². The average molecular weight is 488 g/mol. The van der Waals surface area contributed by atoms with Gasteiger partial charge in [-0.3, -0.25) is 0 Å². The summed E-state index contributed by atoms with van der Waals surface area (Å²) in [4.78, 5) is 15.5. The Morgan fingerprint density at radius 2 is 1.97 bits per heavy atom. The van der Waals surface area contributed by atoms with Crippen molar-refractivity contribution < 1.29 is 14.6 Å². The van der Waals surface area contributed by atoms with Gasteiger partial charge in [0.2, 0.25) is 0 Å². The third-order valence-corrected chi connectivity index (χ3v) is 6.64. The van der Waals surface area contributed by atoms with Gasteiger partial charge in [0.05, 0.1) is 5.69 Å². The third kappa shape index (κ3) is 5.51. The lowest BCUT2D eigenvalue weighted by Crippen LogP contribution is -2.37. The van der Waals surface area contributed by atoms with Gasteiger partial charge >= 0.3 is 0 Å². The first-order valence-corrected chi connectivity index (χ1v) is 12.4. The quantitative estimate of drug-likeness (QED) is 0.330. The summed E-state index contributed by atoms with van der Waals surface area (Å²) in [5, 5.41) is 14.1. The molecule has 36 heavy (non-hydrogen) atoms. The molecule has 3 N–H and O–H groups in total. The second kappa shape index (κ2) is 11.1. The molecule has 0 bridgehead atoms. The normalized spacial score (nSPS) is 15.2. The lowest BCUT2D eigenvalue weighted by atomic mass is 10.1. The molecule has 0 radical (unpaired) electrons. The lowest BCUT2D eigenvalue weighted by Gasteiger charge is -2.32. The molecule has 1 aliphatic heterocycles. The number of aliphatic hydroxyl groups excluding tert-OH is 1. The summed E-state index contributed by atoms with van der Waals surface area (Å²) >= 11 is 0. The van der Waals surface area contributed by atoms with Gasteiger partial charge in [0, 0.05) is 67.1 Å². The smallest absolute Gasteiger partial charge is 0.162 e. The van der Waals surface area contributed by atoms with Crippen LogP contribution in [0.3, 0.4) is 0 Å². The number of anilines is 1. The first-order valence-electron chi connectivity index (χ1n) is 12.4. The van der Waals surface area contributed by atoms with Crippen molar-refractivity contribution >= 4 is 16.7 Å². The number of benzene rings is 2. The van der Waals surface area contributed by atoms with E-state index in [4.69, 9.17) is 19.4 Å². The van der Waals surface area contributed by atoms with E-state index < -0.39 is 6.10 Å². The van der Waals surface area contributed by atoms with Gasteiger partial charge in [-0.15, -0.1) is 0 Å². The maximum Gasteiger partial charge on any atom is 0.162 e. The van der Waals surface area contributed by atoms with Gasteiger partial charge in [-0.25, -0.2) is 9.97 Å². The highest BCUT2D eigenvalue weighted by Crippen LogP contribution is 2.30. The number of hydrogen-bond acceptors (Lipinski definition) is 7. The zero-order chi connectivity index (χ0) is 24.9. The van der Waals surface area contributed by atoms with Crippen molar-refractivity contribution in [2.24, 2.45) is 0 Å². The second-order valence-electron chi connectivity index (χ2n) is 9.22. The first kappa shape index (κ1) is 24.2. The van der Waals surface area contributed by atoms with Crippen molar-refractivity contribution in [2.45, 2.75) is 25.0 Å². The monoisotopic (exact) mass is 487 g/mol. The zero-order valence-corrected chi connectivity index (χ0v) is 20.8. The molecule has 1 atom stereocenters. The molecule has 188 valence electrons. The molecule has 1 aliphatic rings. The fourth-order valence-corrected chi connectivity index (χ4v) is 4.58. The van der Waals surface area contributed by atoms with Crippen LogP contribution < -0.4 is 15.0 Å². The number of aromatic nitrogens is 3. The molecule has 1 fully saturated rings. The number of aromatic amines is 1. The lowest BCUT2D eigenvalue weighted by molar-refractivity contribution is 0.0853. The molecule has 2 aromatic carbocycles. The van der Waals surface area contributed by atoms with Crippen LogP contribution in [-0.4, -0.2) is 72.7 Å². The Balaban J connectivity index is 1.51. The standard InChI is InChI=1S/C28H33N5O3/c1-29-17-23(34)18-36-24-5-3-4-19(15-24)26-16-27(33(2)22-9-12-35-13-10-22)32-28(31-26)21-6-7-25-20(14-21)8-11-30-25/h3-8,11,14-16,22-23,29-30,34H,9-10,12-13,17-18H2,1-2H3. The molecule has 1 unspecified atom stereocenters. The number of fused-ring (bicyclic) bond motifs is 1. The van der Waals surface area contributed by atoms with Gasteiger partial charge in [-0.05, 0) is 56.3 Å². The maximum atomic E-state index is 10.0. The fourth-order valence-electron chi connectivity index (χ4n) is 4.58. The van der Waals surface area contributed by atoms with E-state index in [1.54, 1.807) is 7.05 Å². The third-order valence-electron chi connectivity index (χ3n) is 6.64. The molecule has 2 aromatic heterocycles. The fraction of sp³-hybridized carbons (Fsp3) is 0.357. The van der Waals surface area contributed by atoms with Gasteiger partial charge in [-0.1, -0.05) is 12.1 Å². The predicted molar refractivity (Wildman–Crippen MR) is 142 cm³/mol. The minimum atomic E-state index is -0.576. The summed E-state index contributed by atoms with van der Waals surface area (Å²) in [6.45, 7) is 2.22. The molecule has 3 heterocycles. The highest BCUT2D eigenvalue weighted by atomic mass is 16.5. The van der Waals surface area contributed by atoms with Crippen LogP contribution in [0.2, 0.25) is 0 Å². The van der Waals surface area contributed by atoms with Crippen LogP contribution in [0.15, 0.2) is 60.8 Å². The van der Waals surface area contributed by atoms with Crippen LogP contribution in [0.25, 0.3) is 33.5 Å². The Hall–Kier alpha value is -3.46. The van der Waals surface area contributed by atoms with E-state index >= 15 is 0 Å². The van der Waals surface area contributed by atoms with Crippen molar-refractivity contribution in [2.75, 3.05) is 45.4 Å². The van der Waals surface area contributed by atoms with Crippen molar-refractivity contribution in [3.63, 3.8) is 0 Å². The molecule has 8 nitrogen and oxygen atoms in total. The summed E-state index contributed by atoms with van der Waals surface area (Å²) in [7, 11) is 3.91. The molecule has 1 saturated heterocycles. The molecule has 5 rings (SSSR count). The van der Waals surface area contributed by atoms with Crippen molar-refractivity contribution in [1.29, 1.82) is 0 Å². The Kier molecular flexibility index (Phi) is 7.46. The van der Waals surface area contributed by atoms with Gasteiger partial charge in [-0.2, -0.15) is 0 Å². The van der Waals surface area contributed by atoms with Crippen LogP contribution >= 0.6 is 0 Å². The predicted octanol–water partition coefficient (Wildman–Crippen LogP) is 3.87. The zero-order valence-electron chi connectivity index (χ0n) is 20.8. The van der Waals surface area contributed by atoms with E-state index in [0.717, 1.165) is 59.6 Å². The van der Waals surface area contributed by atoms with E-state index in [0.29, 0.717) is 24.2 Å². The van der Waals surface area contributed by atoms with Crippen molar-refractivity contribution in [1.82, 2.24) is 20.3 Å². The number of H-pyrrole nitrogens is 1. The molecular formula is C28H33N5O3. The molecule has 8 heteroatoms. The Morgan fingerprint density at radius 1 is 1.11 bits per heavy atom. The van der Waals surface area contributed by atoms with Crippen LogP contribution in [0.1, 0.15) is 12.8 Å². The molecule has 0 amide bonds. The highest BCUT2D eigenvalue weighted by Gasteiger charge is 2.21. The van der Waals surface area contributed by atoms with Gasteiger partial charge in [0.25, 0.3) is 0 Å². The molecule has 4 aromatic rings. The minimum absolute atomic E-state index is 0.216. The number of aliphatic hydroxyl groups is 1. The van der Waals surface area contributed by atoms with E-state index in [1.165, 1.54) is 0 Å². The van der Waals surface area contributed by atoms with Crippen LogP contribution in [0.4, 0.5) is 5.82 Å². The van der Waals surface area contributed by atoms with Crippen LogP contribution in [0, 0.1) is 0 Å². The van der Waals surface area contributed by atoms with E-state index in [-0.39, 0.29) is 6.61 Å².